The maximum atomic E-state index is 2.35. The first-order valence-electron chi connectivity index (χ1n) is 9.97. The van der Waals surface area contributed by atoms with Crippen LogP contribution >= 0.6 is 0 Å². The van der Waals surface area contributed by atoms with Gasteiger partial charge in [0.15, 0.2) is 0 Å². The minimum atomic E-state index is 0. The number of hydrogen-bond acceptors (Lipinski definition) is 0. The SMILES string of the molecule is CC[N+](C)(C)CCCCCCCCCCCC[N+](C)(C)CC.[Cl-].[Cl-]. The standard InChI is InChI=1S/C20H46N2.2ClH/c1-7-21(3,4)19-17-15-13-11-9-10-12-14-16-18-20-22(5,6)8-2;;/h7-20H2,1-6H3;2*1H/q+2;;/p-2. The fraction of sp³-hybridized carbons (Fsp3) is 1.00. The van der Waals surface area contributed by atoms with Gasteiger partial charge in [0.05, 0.1) is 54.4 Å². The van der Waals surface area contributed by atoms with Crippen molar-refractivity contribution in [2.75, 3.05) is 54.4 Å². The predicted octanol–water partition coefficient (Wildman–Crippen LogP) is -0.912. The quantitative estimate of drug-likeness (QED) is 0.253. The topological polar surface area (TPSA) is 0 Å². The summed E-state index contributed by atoms with van der Waals surface area (Å²) in [4.78, 5) is 0. The van der Waals surface area contributed by atoms with Gasteiger partial charge in [-0.15, -0.1) is 0 Å². The minimum absolute atomic E-state index is 0. The lowest BCUT2D eigenvalue weighted by atomic mass is 10.1. The van der Waals surface area contributed by atoms with Crippen molar-refractivity contribution in [1.29, 1.82) is 0 Å². The highest BCUT2D eigenvalue weighted by atomic mass is 35.5. The summed E-state index contributed by atoms with van der Waals surface area (Å²) in [5.74, 6) is 0. The normalized spacial score (nSPS) is 11.8. The van der Waals surface area contributed by atoms with Gasteiger partial charge in [-0.25, -0.2) is 0 Å². The van der Waals surface area contributed by atoms with E-state index in [0.717, 1.165) is 0 Å². The molecule has 0 aliphatic heterocycles. The number of quaternary nitrogens is 2. The third-order valence-corrected chi connectivity index (χ3v) is 5.49. The molecule has 4 heteroatoms. The van der Waals surface area contributed by atoms with Crippen LogP contribution < -0.4 is 24.8 Å². The molecular formula is C20H46Cl2N2. The van der Waals surface area contributed by atoms with Crippen molar-refractivity contribution in [1.82, 2.24) is 0 Å². The molecule has 0 aromatic rings. The van der Waals surface area contributed by atoms with Gasteiger partial charge in [-0.05, 0) is 39.5 Å². The Morgan fingerprint density at radius 2 is 0.625 bits per heavy atom. The molecule has 0 aliphatic carbocycles. The highest BCUT2D eigenvalue weighted by Crippen LogP contribution is 2.12. The van der Waals surface area contributed by atoms with Crippen LogP contribution in [0.15, 0.2) is 0 Å². The summed E-state index contributed by atoms with van der Waals surface area (Å²) >= 11 is 0. The van der Waals surface area contributed by atoms with E-state index in [9.17, 15) is 0 Å². The number of nitrogens with zero attached hydrogens (tertiary/aromatic N) is 2. The molecule has 0 aromatic carbocycles. The second-order valence-electron chi connectivity index (χ2n) is 8.49. The van der Waals surface area contributed by atoms with E-state index >= 15 is 0 Å². The van der Waals surface area contributed by atoms with E-state index in [1.165, 1.54) is 99.4 Å². The van der Waals surface area contributed by atoms with Crippen LogP contribution in [0, 0.1) is 0 Å². The third kappa shape index (κ3) is 18.8. The molecule has 0 radical (unpaired) electrons. The first-order valence-corrected chi connectivity index (χ1v) is 9.97. The van der Waals surface area contributed by atoms with E-state index in [1.54, 1.807) is 0 Å². The Hall–Kier alpha value is 0.500. The zero-order valence-electron chi connectivity index (χ0n) is 17.5. The molecule has 0 rings (SSSR count). The average Bonchev–Trinajstić information content (AvgIpc) is 2.48. The maximum absolute atomic E-state index is 2.35. The minimum Gasteiger partial charge on any atom is -1.00 e. The molecule has 0 aliphatic rings. The maximum Gasteiger partial charge on any atom is 0.0782 e. The molecule has 0 aromatic heterocycles. The number of hydrogen-bond donors (Lipinski definition) is 0. The van der Waals surface area contributed by atoms with Crippen molar-refractivity contribution < 1.29 is 33.8 Å². The van der Waals surface area contributed by atoms with E-state index in [-0.39, 0.29) is 24.8 Å². The van der Waals surface area contributed by atoms with Gasteiger partial charge in [0.1, 0.15) is 0 Å². The molecule has 0 bridgehead atoms. The highest BCUT2D eigenvalue weighted by molar-refractivity contribution is 4.48. The monoisotopic (exact) mass is 384 g/mol. The molecule has 24 heavy (non-hydrogen) atoms. The fourth-order valence-electron chi connectivity index (χ4n) is 2.81. The van der Waals surface area contributed by atoms with E-state index < -0.39 is 0 Å². The van der Waals surface area contributed by atoms with Gasteiger partial charge in [0.25, 0.3) is 0 Å². The van der Waals surface area contributed by atoms with Crippen LogP contribution in [0.4, 0.5) is 0 Å². The molecule has 0 unspecified atom stereocenters. The van der Waals surface area contributed by atoms with Crippen LogP contribution in [-0.4, -0.2) is 63.3 Å². The lowest BCUT2D eigenvalue weighted by Gasteiger charge is -2.28. The van der Waals surface area contributed by atoms with Crippen molar-refractivity contribution in [3.63, 3.8) is 0 Å². The van der Waals surface area contributed by atoms with Gasteiger partial charge < -0.3 is 33.8 Å². The molecule has 0 saturated carbocycles. The van der Waals surface area contributed by atoms with E-state index in [0.29, 0.717) is 0 Å². The van der Waals surface area contributed by atoms with E-state index in [4.69, 9.17) is 0 Å². The molecule has 0 saturated heterocycles. The molecule has 0 spiro atoms. The fourth-order valence-corrected chi connectivity index (χ4v) is 2.81. The molecule has 0 amide bonds. The van der Waals surface area contributed by atoms with Crippen molar-refractivity contribution >= 4 is 0 Å². The number of halogens is 2. The number of rotatable bonds is 15. The average molecular weight is 386 g/mol. The van der Waals surface area contributed by atoms with E-state index in [1.807, 2.05) is 0 Å². The Kier molecular flexibility index (Phi) is 20.7. The number of unbranched alkanes of at least 4 members (excludes halogenated alkanes) is 9. The summed E-state index contributed by atoms with van der Waals surface area (Å²) in [6.07, 6.45) is 14.4. The van der Waals surface area contributed by atoms with Crippen LogP contribution in [0.3, 0.4) is 0 Å². The Morgan fingerprint density at radius 3 is 0.833 bits per heavy atom. The lowest BCUT2D eigenvalue weighted by molar-refractivity contribution is -0.888. The Morgan fingerprint density at radius 1 is 0.417 bits per heavy atom. The molecule has 0 N–H and O–H groups in total. The second-order valence-corrected chi connectivity index (χ2v) is 8.49. The summed E-state index contributed by atoms with van der Waals surface area (Å²) in [6, 6.07) is 0. The van der Waals surface area contributed by atoms with Gasteiger partial charge in [-0.1, -0.05) is 38.5 Å². The van der Waals surface area contributed by atoms with E-state index in [2.05, 4.69) is 42.0 Å². The molecule has 2 nitrogen and oxygen atoms in total. The zero-order valence-corrected chi connectivity index (χ0v) is 19.1. The van der Waals surface area contributed by atoms with Crippen LogP contribution in [0.25, 0.3) is 0 Å². The van der Waals surface area contributed by atoms with Crippen LogP contribution in [0.5, 0.6) is 0 Å². The summed E-state index contributed by atoms with van der Waals surface area (Å²) in [5.41, 5.74) is 0. The first kappa shape index (κ1) is 29.3. The van der Waals surface area contributed by atoms with Crippen LogP contribution in [0.2, 0.25) is 0 Å². The summed E-state index contributed by atoms with van der Waals surface area (Å²) in [5, 5.41) is 0. The van der Waals surface area contributed by atoms with Gasteiger partial charge >= 0.3 is 0 Å². The first-order chi connectivity index (χ1) is 10.3. The smallest absolute Gasteiger partial charge is 0.0782 e. The third-order valence-electron chi connectivity index (χ3n) is 5.49. The predicted molar refractivity (Wildman–Crippen MR) is 101 cm³/mol. The molecule has 0 fully saturated rings. The molecule has 0 heterocycles. The lowest BCUT2D eigenvalue weighted by Crippen LogP contribution is -3.00. The van der Waals surface area contributed by atoms with Crippen LogP contribution in [-0.2, 0) is 0 Å². The highest BCUT2D eigenvalue weighted by Gasteiger charge is 2.10. The van der Waals surface area contributed by atoms with Gasteiger partial charge in [0.2, 0.25) is 0 Å². The van der Waals surface area contributed by atoms with Gasteiger partial charge in [-0.2, -0.15) is 0 Å². The Bertz CT molecular complexity index is 230. The molecule has 0 atom stereocenters. The van der Waals surface area contributed by atoms with Crippen molar-refractivity contribution in [3.8, 4) is 0 Å². The summed E-state index contributed by atoms with van der Waals surface area (Å²) in [6.45, 7) is 9.80. The van der Waals surface area contributed by atoms with Gasteiger partial charge in [0, 0.05) is 0 Å². The van der Waals surface area contributed by atoms with Crippen molar-refractivity contribution in [3.05, 3.63) is 0 Å². The summed E-state index contributed by atoms with van der Waals surface area (Å²) in [7, 11) is 9.39. The van der Waals surface area contributed by atoms with Crippen molar-refractivity contribution in [2.24, 2.45) is 0 Å². The summed E-state index contributed by atoms with van der Waals surface area (Å²) < 4.78 is 2.38. The van der Waals surface area contributed by atoms with Crippen LogP contribution in [0.1, 0.15) is 78.1 Å². The molecular weight excluding hydrogens is 339 g/mol. The second kappa shape index (κ2) is 16.9. The molecule has 150 valence electrons. The van der Waals surface area contributed by atoms with Gasteiger partial charge in [-0.3, -0.25) is 0 Å². The Labute approximate surface area is 166 Å². The zero-order chi connectivity index (χ0) is 16.9. The van der Waals surface area contributed by atoms with Crippen molar-refractivity contribution in [2.45, 2.75) is 78.1 Å². The Balaban J connectivity index is -0.00000220. The largest absolute Gasteiger partial charge is 1.00 e.